The van der Waals surface area contributed by atoms with Crippen LogP contribution in [-0.2, 0) is 14.4 Å². The second-order valence-electron chi connectivity index (χ2n) is 3.95. The smallest absolute Gasteiger partial charge is 0.352 e. The van der Waals surface area contributed by atoms with Gasteiger partial charge in [0.25, 0.3) is 0 Å². The first-order valence-electron chi connectivity index (χ1n) is 5.60. The van der Waals surface area contributed by atoms with Crippen molar-refractivity contribution in [2.75, 3.05) is 0 Å². The summed E-state index contributed by atoms with van der Waals surface area (Å²) in [5.74, 6) is -2.45. The molecule has 0 aromatic heterocycles. The van der Waals surface area contributed by atoms with E-state index in [0.717, 1.165) is 0 Å². The van der Waals surface area contributed by atoms with Crippen LogP contribution in [0, 0.1) is 0 Å². The molecule has 1 aromatic carbocycles. The van der Waals surface area contributed by atoms with Crippen LogP contribution in [0.15, 0.2) is 17.8 Å². The van der Waals surface area contributed by atoms with Gasteiger partial charge in [-0.1, -0.05) is 23.2 Å². The lowest BCUT2D eigenvalue weighted by molar-refractivity contribution is -0.134. The van der Waals surface area contributed by atoms with E-state index in [-0.39, 0.29) is 21.5 Å². The summed E-state index contributed by atoms with van der Waals surface area (Å²) < 4.78 is 4.84. The minimum atomic E-state index is -1.32. The number of benzene rings is 1. The van der Waals surface area contributed by atoms with E-state index in [1.165, 1.54) is 32.1 Å². The molecule has 0 aliphatic carbocycles. The van der Waals surface area contributed by atoms with Crippen molar-refractivity contribution < 1.29 is 24.2 Å². The van der Waals surface area contributed by atoms with E-state index in [2.05, 4.69) is 5.32 Å². The van der Waals surface area contributed by atoms with E-state index < -0.39 is 17.8 Å². The Balaban J connectivity index is 3.23. The highest BCUT2D eigenvalue weighted by molar-refractivity contribution is 6.37. The highest BCUT2D eigenvalue weighted by Gasteiger charge is 2.13. The van der Waals surface area contributed by atoms with Crippen LogP contribution in [0.1, 0.15) is 19.4 Å². The van der Waals surface area contributed by atoms with Crippen molar-refractivity contribution in [3.8, 4) is 5.75 Å². The third kappa shape index (κ3) is 5.09. The monoisotopic (exact) mass is 331 g/mol. The number of esters is 1. The average Bonchev–Trinajstić information content (AvgIpc) is 2.32. The molecule has 0 saturated heterocycles. The topological polar surface area (TPSA) is 92.7 Å². The minimum absolute atomic E-state index is 0.0145. The molecule has 0 saturated carbocycles. The third-order valence-corrected chi connectivity index (χ3v) is 2.68. The Labute approximate surface area is 130 Å². The lowest BCUT2D eigenvalue weighted by Gasteiger charge is -2.08. The molecule has 1 aromatic rings. The summed E-state index contributed by atoms with van der Waals surface area (Å²) in [6.07, 6.45) is 1.18. The molecule has 0 unspecified atom stereocenters. The van der Waals surface area contributed by atoms with Crippen LogP contribution in [0.4, 0.5) is 0 Å². The quantitative estimate of drug-likeness (QED) is 0.502. The summed E-state index contributed by atoms with van der Waals surface area (Å²) in [4.78, 5) is 32.9. The summed E-state index contributed by atoms with van der Waals surface area (Å²) in [6, 6.07) is 2.72. The predicted octanol–water partition coefficient (Wildman–Crippen LogP) is 2.48. The van der Waals surface area contributed by atoms with Gasteiger partial charge >= 0.3 is 11.9 Å². The highest BCUT2D eigenvalue weighted by atomic mass is 35.5. The van der Waals surface area contributed by atoms with Crippen molar-refractivity contribution in [1.29, 1.82) is 0 Å². The molecular weight excluding hydrogens is 321 g/mol. The van der Waals surface area contributed by atoms with Gasteiger partial charge in [-0.2, -0.15) is 0 Å². The number of amides is 1. The standard InChI is InChI=1S/C13H11Cl2NO5/c1-6(17)16-11(13(19)20)5-8-3-9(14)12(10(15)4-8)21-7(2)18/h3-5H,1-2H3,(H,16,17)(H,19,20). The van der Waals surface area contributed by atoms with Crippen LogP contribution < -0.4 is 10.1 Å². The number of carbonyl (C=O) groups is 3. The van der Waals surface area contributed by atoms with E-state index in [1.54, 1.807) is 0 Å². The molecule has 1 rings (SSSR count). The highest BCUT2D eigenvalue weighted by Crippen LogP contribution is 2.34. The molecule has 2 N–H and O–H groups in total. The van der Waals surface area contributed by atoms with Crippen molar-refractivity contribution in [2.24, 2.45) is 0 Å². The van der Waals surface area contributed by atoms with Crippen LogP contribution >= 0.6 is 23.2 Å². The van der Waals surface area contributed by atoms with Gasteiger partial charge < -0.3 is 15.2 Å². The maximum absolute atomic E-state index is 11.0. The van der Waals surface area contributed by atoms with Crippen LogP contribution in [0.25, 0.3) is 6.08 Å². The zero-order valence-electron chi connectivity index (χ0n) is 11.1. The van der Waals surface area contributed by atoms with Crippen molar-refractivity contribution in [1.82, 2.24) is 5.32 Å². The normalized spacial score (nSPS) is 11.0. The first-order valence-corrected chi connectivity index (χ1v) is 6.36. The van der Waals surface area contributed by atoms with Crippen LogP contribution in [-0.4, -0.2) is 23.0 Å². The largest absolute Gasteiger partial charge is 0.477 e. The number of nitrogens with one attached hydrogen (secondary N) is 1. The van der Waals surface area contributed by atoms with E-state index in [4.69, 9.17) is 33.0 Å². The molecule has 0 aliphatic rings. The molecular formula is C13H11Cl2NO5. The van der Waals surface area contributed by atoms with Gasteiger partial charge in [-0.25, -0.2) is 4.79 Å². The molecule has 6 nitrogen and oxygen atoms in total. The molecule has 0 aliphatic heterocycles. The average molecular weight is 332 g/mol. The number of halogens is 2. The molecule has 0 spiro atoms. The third-order valence-electron chi connectivity index (χ3n) is 2.12. The first-order chi connectivity index (χ1) is 9.70. The fourth-order valence-electron chi connectivity index (χ4n) is 1.41. The maximum Gasteiger partial charge on any atom is 0.352 e. The van der Waals surface area contributed by atoms with Gasteiger partial charge in [-0.3, -0.25) is 9.59 Å². The molecule has 1 amide bonds. The maximum atomic E-state index is 11.0. The number of aliphatic carboxylic acids is 1. The minimum Gasteiger partial charge on any atom is -0.477 e. The Morgan fingerprint density at radius 3 is 2.10 bits per heavy atom. The number of ether oxygens (including phenoxy) is 1. The van der Waals surface area contributed by atoms with Crippen molar-refractivity contribution in [3.05, 3.63) is 33.4 Å². The Kier molecular flexibility index (Phi) is 5.75. The fraction of sp³-hybridized carbons (Fsp3) is 0.154. The van der Waals surface area contributed by atoms with Crippen LogP contribution in [0.3, 0.4) is 0 Å². The van der Waals surface area contributed by atoms with Crippen LogP contribution in [0.2, 0.25) is 10.0 Å². The lowest BCUT2D eigenvalue weighted by atomic mass is 10.1. The lowest BCUT2D eigenvalue weighted by Crippen LogP contribution is -2.24. The molecule has 112 valence electrons. The Hall–Kier alpha value is -2.05. The predicted molar refractivity (Wildman–Crippen MR) is 77.2 cm³/mol. The number of hydrogen-bond donors (Lipinski definition) is 2. The molecule has 8 heteroatoms. The molecule has 0 heterocycles. The van der Waals surface area contributed by atoms with Gasteiger partial charge in [-0.05, 0) is 23.8 Å². The number of carboxylic acids is 1. The summed E-state index contributed by atoms with van der Waals surface area (Å²) in [5, 5.41) is 11.2. The molecule has 0 radical (unpaired) electrons. The van der Waals surface area contributed by atoms with Crippen molar-refractivity contribution in [3.63, 3.8) is 0 Å². The molecule has 0 bridgehead atoms. The first kappa shape index (κ1) is 17.0. The summed E-state index contributed by atoms with van der Waals surface area (Å²) in [7, 11) is 0. The van der Waals surface area contributed by atoms with Crippen molar-refractivity contribution in [2.45, 2.75) is 13.8 Å². The number of rotatable bonds is 4. The summed E-state index contributed by atoms with van der Waals surface area (Å²) in [5.41, 5.74) is -0.0121. The van der Waals surface area contributed by atoms with E-state index in [0.29, 0.717) is 5.56 Å². The SMILES string of the molecule is CC(=O)NC(=Cc1cc(Cl)c(OC(C)=O)c(Cl)c1)C(=O)O. The van der Waals surface area contributed by atoms with Gasteiger partial charge in [0, 0.05) is 13.8 Å². The van der Waals surface area contributed by atoms with Gasteiger partial charge in [0.05, 0.1) is 10.0 Å². The molecule has 21 heavy (non-hydrogen) atoms. The van der Waals surface area contributed by atoms with Crippen LogP contribution in [0.5, 0.6) is 5.75 Å². The van der Waals surface area contributed by atoms with Gasteiger partial charge in [0.2, 0.25) is 5.91 Å². The van der Waals surface area contributed by atoms with E-state index in [9.17, 15) is 14.4 Å². The number of carbonyl (C=O) groups excluding carboxylic acids is 2. The fourth-order valence-corrected chi connectivity index (χ4v) is 1.99. The molecule has 0 fully saturated rings. The van der Waals surface area contributed by atoms with Crippen molar-refractivity contribution >= 4 is 47.1 Å². The zero-order chi connectivity index (χ0) is 16.2. The second-order valence-corrected chi connectivity index (χ2v) is 4.77. The summed E-state index contributed by atoms with van der Waals surface area (Å²) in [6.45, 7) is 2.38. The molecule has 0 atom stereocenters. The van der Waals surface area contributed by atoms with Gasteiger partial charge in [0.15, 0.2) is 5.75 Å². The second kappa shape index (κ2) is 7.10. The van der Waals surface area contributed by atoms with Gasteiger partial charge in [0.1, 0.15) is 5.70 Å². The summed E-state index contributed by atoms with van der Waals surface area (Å²) >= 11 is 11.8. The Bertz CT molecular complexity index is 616. The zero-order valence-corrected chi connectivity index (χ0v) is 12.6. The van der Waals surface area contributed by atoms with E-state index >= 15 is 0 Å². The number of carboxylic acid groups (broad SMARTS) is 1. The Morgan fingerprint density at radius 2 is 1.71 bits per heavy atom. The van der Waals surface area contributed by atoms with Gasteiger partial charge in [-0.15, -0.1) is 0 Å². The van der Waals surface area contributed by atoms with E-state index in [1.807, 2.05) is 0 Å². The Morgan fingerprint density at radius 1 is 1.19 bits per heavy atom. The number of hydrogen-bond acceptors (Lipinski definition) is 4.